The molecule has 36 heavy (non-hydrogen) atoms. The Morgan fingerprint density at radius 1 is 0.694 bits per heavy atom. The zero-order valence-electron chi connectivity index (χ0n) is 23.3. The summed E-state index contributed by atoms with van der Waals surface area (Å²) in [5, 5.41) is 0. The van der Waals surface area contributed by atoms with Crippen molar-refractivity contribution in [2.45, 2.75) is 77.3 Å². The molecule has 4 rings (SSSR count). The van der Waals surface area contributed by atoms with E-state index in [0.717, 1.165) is 37.7 Å². The topological polar surface area (TPSA) is 34.2 Å². The Morgan fingerprint density at radius 2 is 1.17 bits per heavy atom. The Morgan fingerprint density at radius 3 is 1.69 bits per heavy atom. The van der Waals surface area contributed by atoms with Gasteiger partial charge in [0.25, 0.3) is 0 Å². The molecule has 0 unspecified atom stereocenters. The van der Waals surface area contributed by atoms with E-state index < -0.39 is 23.7 Å². The highest BCUT2D eigenvalue weighted by atomic mass is 29.3. The molecule has 0 amide bonds. The Labute approximate surface area is 221 Å². The van der Waals surface area contributed by atoms with Gasteiger partial charge in [0.2, 0.25) is 0 Å². The van der Waals surface area contributed by atoms with Crippen LogP contribution in [0.5, 0.6) is 11.5 Å². The molecular formula is C28H46N2O3Si3. The number of para-hydroxylation sites is 2. The third-order valence-electron chi connectivity index (χ3n) is 8.23. The molecule has 198 valence electrons. The second-order valence-electron chi connectivity index (χ2n) is 12.3. The minimum Gasteiger partial charge on any atom is -0.478 e. The monoisotopic (exact) mass is 542 g/mol. The lowest BCUT2D eigenvalue weighted by molar-refractivity contribution is 0.0952. The largest absolute Gasteiger partial charge is 0.478 e. The van der Waals surface area contributed by atoms with Crippen molar-refractivity contribution in [2.75, 3.05) is 26.6 Å². The highest BCUT2D eigenvalue weighted by Crippen LogP contribution is 2.32. The standard InChI is InChI=1S/C28H46N2O3Si3/c1-34(2,19-11-17-29-21-25-13-7-9-15-27(25)31-23-29)33-36(5,6)35(3,4)20-12-18-30-22-26-14-8-10-16-28(26)32-24-30/h7-10,13-16H,11-12,17-24H2,1-6H3. The quantitative estimate of drug-likeness (QED) is 0.296. The predicted molar refractivity (Wildman–Crippen MR) is 157 cm³/mol. The van der Waals surface area contributed by atoms with Crippen molar-refractivity contribution in [3.05, 3.63) is 59.7 Å². The van der Waals surface area contributed by atoms with Gasteiger partial charge in [-0.1, -0.05) is 55.5 Å². The van der Waals surface area contributed by atoms with Crippen molar-refractivity contribution < 1.29 is 13.6 Å². The number of hydrogen-bond acceptors (Lipinski definition) is 5. The van der Waals surface area contributed by atoms with Gasteiger partial charge in [-0.25, -0.2) is 0 Å². The molecule has 0 fully saturated rings. The summed E-state index contributed by atoms with van der Waals surface area (Å²) in [5.74, 6) is 2.10. The molecule has 2 heterocycles. The second kappa shape index (κ2) is 11.5. The molecule has 0 radical (unpaired) electrons. The van der Waals surface area contributed by atoms with E-state index in [-0.39, 0.29) is 0 Å². The smallest absolute Gasteiger partial charge is 0.173 e. The Bertz CT molecular complexity index is 1020. The van der Waals surface area contributed by atoms with Crippen LogP contribution >= 0.6 is 0 Å². The number of benzene rings is 2. The summed E-state index contributed by atoms with van der Waals surface area (Å²) < 4.78 is 19.1. The van der Waals surface area contributed by atoms with E-state index in [2.05, 4.69) is 97.6 Å². The van der Waals surface area contributed by atoms with Gasteiger partial charge in [-0.3, -0.25) is 9.80 Å². The molecule has 5 nitrogen and oxygen atoms in total. The molecule has 0 bridgehead atoms. The van der Waals surface area contributed by atoms with E-state index in [0.29, 0.717) is 13.5 Å². The van der Waals surface area contributed by atoms with Crippen LogP contribution < -0.4 is 9.47 Å². The molecule has 0 spiro atoms. The minimum absolute atomic E-state index is 0.702. The molecule has 2 aliphatic heterocycles. The lowest BCUT2D eigenvalue weighted by Gasteiger charge is -2.44. The fraction of sp³-hybridized carbons (Fsp3) is 0.571. The van der Waals surface area contributed by atoms with Crippen molar-refractivity contribution in [1.82, 2.24) is 9.80 Å². The molecule has 0 atom stereocenters. The van der Waals surface area contributed by atoms with Crippen LogP contribution in [0.15, 0.2) is 48.5 Å². The summed E-state index contributed by atoms with van der Waals surface area (Å²) >= 11 is 0. The Hall–Kier alpha value is -1.43. The first-order valence-electron chi connectivity index (χ1n) is 13.6. The third kappa shape index (κ3) is 7.11. The second-order valence-corrected chi connectivity index (χ2v) is 32.1. The van der Waals surface area contributed by atoms with Gasteiger partial charge in [0.15, 0.2) is 16.2 Å². The highest BCUT2D eigenvalue weighted by molar-refractivity contribution is 7.39. The van der Waals surface area contributed by atoms with E-state index in [4.69, 9.17) is 13.6 Å². The molecule has 2 aliphatic rings. The maximum atomic E-state index is 7.18. The Kier molecular flexibility index (Phi) is 8.84. The molecule has 2 aromatic carbocycles. The van der Waals surface area contributed by atoms with Crippen LogP contribution in [0.2, 0.25) is 51.4 Å². The van der Waals surface area contributed by atoms with E-state index in [1.54, 1.807) is 0 Å². The molecule has 0 saturated carbocycles. The summed E-state index contributed by atoms with van der Waals surface area (Å²) in [6, 6.07) is 19.4. The molecule has 2 aromatic rings. The maximum Gasteiger partial charge on any atom is 0.173 e. The number of ether oxygens (including phenoxy) is 2. The molecule has 8 heteroatoms. The average Bonchev–Trinajstić information content (AvgIpc) is 2.83. The zero-order chi connectivity index (χ0) is 25.8. The van der Waals surface area contributed by atoms with Crippen molar-refractivity contribution in [3.63, 3.8) is 0 Å². The summed E-state index contributed by atoms with van der Waals surface area (Å²) in [4.78, 5) is 4.88. The van der Waals surface area contributed by atoms with E-state index >= 15 is 0 Å². The van der Waals surface area contributed by atoms with Gasteiger partial charge >= 0.3 is 0 Å². The van der Waals surface area contributed by atoms with Crippen molar-refractivity contribution in [1.29, 1.82) is 0 Å². The number of fused-ring (bicyclic) bond motifs is 2. The van der Waals surface area contributed by atoms with Crippen molar-refractivity contribution in [2.24, 2.45) is 0 Å². The summed E-state index contributed by atoms with van der Waals surface area (Å²) in [6.07, 6.45) is 2.43. The Balaban J connectivity index is 1.20. The van der Waals surface area contributed by atoms with Gasteiger partial charge < -0.3 is 13.6 Å². The minimum atomic E-state index is -1.74. The first kappa shape index (κ1) is 27.6. The third-order valence-corrected chi connectivity index (χ3v) is 30.3. The van der Waals surface area contributed by atoms with Gasteiger partial charge in [-0.15, -0.1) is 0 Å². The first-order chi connectivity index (χ1) is 17.0. The van der Waals surface area contributed by atoms with E-state index in [9.17, 15) is 0 Å². The normalized spacial score (nSPS) is 17.2. The molecular weight excluding hydrogens is 497 g/mol. The van der Waals surface area contributed by atoms with E-state index in [1.807, 2.05) is 0 Å². The lowest BCUT2D eigenvalue weighted by Crippen LogP contribution is -2.61. The number of nitrogens with zero attached hydrogens (tertiary/aromatic N) is 2. The van der Waals surface area contributed by atoms with Gasteiger partial charge in [0.05, 0.1) is 7.59 Å². The summed E-state index contributed by atoms with van der Waals surface area (Å²) in [7, 11) is -4.91. The SMILES string of the molecule is C[Si](C)(CCCN1COc2ccccc2C1)O[Si](C)(C)[Si](C)(C)CCCN1COc2ccccc2C1. The summed E-state index contributed by atoms with van der Waals surface area (Å²) in [5.41, 5.74) is 2.62. The average molecular weight is 543 g/mol. The molecule has 0 saturated heterocycles. The maximum absolute atomic E-state index is 7.18. The van der Waals surface area contributed by atoms with Crippen LogP contribution in [0.4, 0.5) is 0 Å². The van der Waals surface area contributed by atoms with Crippen LogP contribution in [0.1, 0.15) is 24.0 Å². The van der Waals surface area contributed by atoms with Gasteiger partial charge in [0.1, 0.15) is 25.0 Å². The first-order valence-corrected chi connectivity index (χ1v) is 23.8. The fourth-order valence-electron chi connectivity index (χ4n) is 5.39. The number of hydrogen-bond donors (Lipinski definition) is 0. The zero-order valence-corrected chi connectivity index (χ0v) is 26.3. The van der Waals surface area contributed by atoms with Gasteiger partial charge in [-0.05, 0) is 57.2 Å². The van der Waals surface area contributed by atoms with Crippen LogP contribution in [-0.2, 0) is 17.2 Å². The van der Waals surface area contributed by atoms with E-state index in [1.165, 1.54) is 36.1 Å². The molecule has 0 N–H and O–H groups in total. The number of rotatable bonds is 11. The van der Waals surface area contributed by atoms with Crippen LogP contribution in [0.25, 0.3) is 0 Å². The van der Waals surface area contributed by atoms with Crippen molar-refractivity contribution >= 4 is 23.7 Å². The lowest BCUT2D eigenvalue weighted by atomic mass is 10.1. The predicted octanol–water partition coefficient (Wildman–Crippen LogP) is 6.68. The van der Waals surface area contributed by atoms with Gasteiger partial charge in [-0.2, -0.15) is 0 Å². The molecule has 0 aromatic heterocycles. The van der Waals surface area contributed by atoms with Gasteiger partial charge in [0, 0.05) is 37.3 Å². The highest BCUT2D eigenvalue weighted by Gasteiger charge is 2.45. The van der Waals surface area contributed by atoms with Crippen molar-refractivity contribution in [3.8, 4) is 11.5 Å². The van der Waals surface area contributed by atoms with Crippen LogP contribution in [0, 0.1) is 0 Å². The van der Waals surface area contributed by atoms with Crippen LogP contribution in [0.3, 0.4) is 0 Å². The summed E-state index contributed by atoms with van der Waals surface area (Å²) in [6.45, 7) is 20.6. The van der Waals surface area contributed by atoms with Crippen LogP contribution in [-0.4, -0.2) is 60.1 Å². The fourth-order valence-corrected chi connectivity index (χ4v) is 22.4. The molecule has 0 aliphatic carbocycles.